The Morgan fingerprint density at radius 1 is 0.857 bits per heavy atom. The molecule has 0 saturated heterocycles. The Kier molecular flexibility index (Phi) is 4.13. The highest BCUT2D eigenvalue weighted by atomic mass is 16.6. The van der Waals surface area contributed by atoms with Crippen LogP contribution in [0.2, 0.25) is 0 Å². The standard InChI is InChI=1S/C13H8N4O4/c18-16(19)12-8-4-7-11(13(12)17(20)21)15-9-14-10-5-2-1-3-6-10/h1-8H. The van der Waals surface area contributed by atoms with Gasteiger partial charge in [0.1, 0.15) is 6.01 Å². The molecule has 104 valence electrons. The second-order valence-corrected chi connectivity index (χ2v) is 3.82. The zero-order valence-electron chi connectivity index (χ0n) is 10.5. The summed E-state index contributed by atoms with van der Waals surface area (Å²) in [4.78, 5) is 27.6. The van der Waals surface area contributed by atoms with E-state index in [1.54, 1.807) is 24.3 Å². The van der Waals surface area contributed by atoms with Gasteiger partial charge in [0.05, 0.1) is 15.5 Å². The summed E-state index contributed by atoms with van der Waals surface area (Å²) < 4.78 is 0. The van der Waals surface area contributed by atoms with Crippen molar-refractivity contribution < 1.29 is 9.85 Å². The summed E-state index contributed by atoms with van der Waals surface area (Å²) in [5.41, 5.74) is -0.913. The van der Waals surface area contributed by atoms with Gasteiger partial charge in [0, 0.05) is 6.07 Å². The molecule has 8 heteroatoms. The monoisotopic (exact) mass is 284 g/mol. The van der Waals surface area contributed by atoms with Crippen LogP contribution in [-0.4, -0.2) is 15.9 Å². The predicted octanol–water partition coefficient (Wildman–Crippen LogP) is 3.64. The smallest absolute Gasteiger partial charge is 0.258 e. The average molecular weight is 284 g/mol. The summed E-state index contributed by atoms with van der Waals surface area (Å²) in [5, 5.41) is 21.8. The summed E-state index contributed by atoms with van der Waals surface area (Å²) >= 11 is 0. The van der Waals surface area contributed by atoms with Gasteiger partial charge in [0.2, 0.25) is 0 Å². The topological polar surface area (TPSA) is 111 Å². The molecule has 0 aromatic heterocycles. The lowest BCUT2D eigenvalue weighted by molar-refractivity contribution is -0.421. The Morgan fingerprint density at radius 3 is 2.19 bits per heavy atom. The number of aliphatic imine (C=N–C) groups is 2. The first kappa shape index (κ1) is 14.0. The van der Waals surface area contributed by atoms with Crippen LogP contribution in [0.5, 0.6) is 0 Å². The number of para-hydroxylation sites is 2. The summed E-state index contributed by atoms with van der Waals surface area (Å²) in [6.07, 6.45) is 0. The number of nitro groups is 2. The van der Waals surface area contributed by atoms with Crippen molar-refractivity contribution >= 4 is 28.8 Å². The summed E-state index contributed by atoms with van der Waals surface area (Å²) in [7, 11) is 0. The van der Waals surface area contributed by atoms with E-state index in [0.717, 1.165) is 6.07 Å². The van der Waals surface area contributed by atoms with Crippen molar-refractivity contribution in [3.63, 3.8) is 0 Å². The molecule has 0 unspecified atom stereocenters. The Bertz CT molecular complexity index is 752. The third kappa shape index (κ3) is 3.34. The van der Waals surface area contributed by atoms with Crippen LogP contribution in [0.1, 0.15) is 0 Å². The van der Waals surface area contributed by atoms with E-state index in [1.807, 2.05) is 6.07 Å². The number of hydrogen-bond donors (Lipinski definition) is 0. The van der Waals surface area contributed by atoms with Crippen LogP contribution in [0.25, 0.3) is 0 Å². The molecule has 0 atom stereocenters. The van der Waals surface area contributed by atoms with Crippen LogP contribution >= 0.6 is 0 Å². The predicted molar refractivity (Wildman–Crippen MR) is 75.4 cm³/mol. The van der Waals surface area contributed by atoms with Gasteiger partial charge in [0.15, 0.2) is 5.69 Å². The lowest BCUT2D eigenvalue weighted by Crippen LogP contribution is -1.96. The van der Waals surface area contributed by atoms with E-state index in [9.17, 15) is 20.2 Å². The lowest BCUT2D eigenvalue weighted by Gasteiger charge is -1.96. The molecular formula is C13H8N4O4. The largest absolute Gasteiger partial charge is 0.372 e. The Hall–Kier alpha value is -3.38. The fourth-order valence-corrected chi connectivity index (χ4v) is 1.58. The van der Waals surface area contributed by atoms with Gasteiger partial charge in [-0.2, -0.15) is 9.98 Å². The van der Waals surface area contributed by atoms with E-state index in [4.69, 9.17) is 0 Å². The molecule has 0 radical (unpaired) electrons. The third-order valence-electron chi connectivity index (χ3n) is 2.48. The number of benzene rings is 2. The zero-order chi connectivity index (χ0) is 15.2. The molecule has 0 bridgehead atoms. The second-order valence-electron chi connectivity index (χ2n) is 3.82. The van der Waals surface area contributed by atoms with Gasteiger partial charge in [-0.05, 0) is 18.2 Å². The van der Waals surface area contributed by atoms with Crippen LogP contribution < -0.4 is 0 Å². The van der Waals surface area contributed by atoms with E-state index >= 15 is 0 Å². The van der Waals surface area contributed by atoms with Crippen molar-refractivity contribution in [2.45, 2.75) is 0 Å². The van der Waals surface area contributed by atoms with Crippen molar-refractivity contribution in [2.75, 3.05) is 0 Å². The minimum Gasteiger partial charge on any atom is -0.258 e. The Morgan fingerprint density at radius 2 is 1.57 bits per heavy atom. The molecule has 0 fully saturated rings. The first-order chi connectivity index (χ1) is 10.1. The van der Waals surface area contributed by atoms with Crippen molar-refractivity contribution in [1.82, 2.24) is 0 Å². The molecule has 0 saturated carbocycles. The third-order valence-corrected chi connectivity index (χ3v) is 2.48. The number of hydrogen-bond acceptors (Lipinski definition) is 6. The first-order valence-corrected chi connectivity index (χ1v) is 5.73. The molecule has 0 heterocycles. The molecule has 21 heavy (non-hydrogen) atoms. The van der Waals surface area contributed by atoms with Crippen molar-refractivity contribution in [1.29, 1.82) is 0 Å². The molecule has 0 aliphatic carbocycles. The highest BCUT2D eigenvalue weighted by molar-refractivity contribution is 5.72. The van der Waals surface area contributed by atoms with E-state index in [-0.39, 0.29) is 5.69 Å². The number of rotatable bonds is 4. The van der Waals surface area contributed by atoms with Gasteiger partial charge in [-0.1, -0.05) is 24.3 Å². The fraction of sp³-hybridized carbons (Fsp3) is 0. The highest BCUT2D eigenvalue weighted by Crippen LogP contribution is 2.35. The second kappa shape index (κ2) is 6.18. The summed E-state index contributed by atoms with van der Waals surface area (Å²) in [6.45, 7) is 0. The highest BCUT2D eigenvalue weighted by Gasteiger charge is 2.27. The summed E-state index contributed by atoms with van der Waals surface area (Å²) in [5.74, 6) is 0. The van der Waals surface area contributed by atoms with Crippen LogP contribution in [0, 0.1) is 20.2 Å². The van der Waals surface area contributed by atoms with Crippen molar-refractivity contribution in [2.24, 2.45) is 9.98 Å². The molecule has 0 aliphatic rings. The Balaban J connectivity index is 2.45. The molecule has 0 N–H and O–H groups in total. The van der Waals surface area contributed by atoms with Crippen LogP contribution in [0.15, 0.2) is 58.5 Å². The molecule has 0 aliphatic heterocycles. The number of nitrogens with zero attached hydrogens (tertiary/aromatic N) is 4. The average Bonchev–Trinajstić information content (AvgIpc) is 2.47. The van der Waals surface area contributed by atoms with Gasteiger partial charge in [0.25, 0.3) is 0 Å². The van der Waals surface area contributed by atoms with Gasteiger partial charge in [-0.3, -0.25) is 20.2 Å². The maximum absolute atomic E-state index is 11.0. The fourth-order valence-electron chi connectivity index (χ4n) is 1.58. The SMILES string of the molecule is O=[N+]([O-])c1cccc(N=C=Nc2ccccc2)c1[N+](=O)[O-]. The maximum atomic E-state index is 11.0. The zero-order valence-corrected chi connectivity index (χ0v) is 10.5. The lowest BCUT2D eigenvalue weighted by atomic mass is 10.2. The van der Waals surface area contributed by atoms with E-state index < -0.39 is 21.2 Å². The maximum Gasteiger partial charge on any atom is 0.372 e. The van der Waals surface area contributed by atoms with E-state index in [0.29, 0.717) is 5.69 Å². The van der Waals surface area contributed by atoms with Crippen molar-refractivity contribution in [3.05, 3.63) is 68.8 Å². The first-order valence-electron chi connectivity index (χ1n) is 5.73. The molecular weight excluding hydrogens is 276 g/mol. The summed E-state index contributed by atoms with van der Waals surface area (Å²) in [6, 6.07) is 14.7. The normalized spacial score (nSPS) is 9.52. The van der Waals surface area contributed by atoms with Gasteiger partial charge in [-0.15, -0.1) is 0 Å². The molecule has 2 aromatic rings. The molecule has 0 amide bonds. The van der Waals surface area contributed by atoms with Gasteiger partial charge < -0.3 is 0 Å². The van der Waals surface area contributed by atoms with E-state index in [1.165, 1.54) is 12.1 Å². The van der Waals surface area contributed by atoms with Gasteiger partial charge >= 0.3 is 11.4 Å². The molecule has 2 aromatic carbocycles. The molecule has 2 rings (SSSR count). The van der Waals surface area contributed by atoms with Crippen LogP contribution in [0.3, 0.4) is 0 Å². The number of nitro benzene ring substituents is 2. The van der Waals surface area contributed by atoms with Crippen molar-refractivity contribution in [3.8, 4) is 0 Å². The molecule has 0 spiro atoms. The van der Waals surface area contributed by atoms with Crippen LogP contribution in [0.4, 0.5) is 22.7 Å². The minimum absolute atomic E-state index is 0.172. The Labute approximate surface area is 118 Å². The quantitative estimate of drug-likeness (QED) is 0.484. The minimum atomic E-state index is -0.846. The van der Waals surface area contributed by atoms with E-state index in [2.05, 4.69) is 16.0 Å². The van der Waals surface area contributed by atoms with Gasteiger partial charge in [-0.25, -0.2) is 0 Å². The molecule has 8 nitrogen and oxygen atoms in total. The van der Waals surface area contributed by atoms with Crippen LogP contribution in [-0.2, 0) is 0 Å².